The van der Waals surface area contributed by atoms with Crippen LogP contribution in [0, 0.1) is 17.2 Å². The van der Waals surface area contributed by atoms with Gasteiger partial charge >= 0.3 is 0 Å². The van der Waals surface area contributed by atoms with Crippen molar-refractivity contribution in [1.82, 2.24) is 0 Å². The quantitative estimate of drug-likeness (QED) is 0.767. The molecule has 1 nitrogen and oxygen atoms in total. The van der Waals surface area contributed by atoms with Crippen molar-refractivity contribution in [3.8, 4) is 0 Å². The van der Waals surface area contributed by atoms with Crippen LogP contribution in [0.1, 0.15) is 25.3 Å². The highest BCUT2D eigenvalue weighted by Crippen LogP contribution is 2.63. The smallest absolute Gasteiger partial charge is 0.123 e. The summed E-state index contributed by atoms with van der Waals surface area (Å²) in [7, 11) is 0. The van der Waals surface area contributed by atoms with Gasteiger partial charge in [0.15, 0.2) is 0 Å². The molecule has 0 aromatic heterocycles. The van der Waals surface area contributed by atoms with Crippen molar-refractivity contribution in [3.63, 3.8) is 0 Å². The van der Waals surface area contributed by atoms with E-state index in [0.717, 1.165) is 5.56 Å². The summed E-state index contributed by atoms with van der Waals surface area (Å²) in [6, 6.07) is 6.60. The summed E-state index contributed by atoms with van der Waals surface area (Å²) in [5.41, 5.74) is 1.29. The highest BCUT2D eigenvalue weighted by molar-refractivity contribution is 5.31. The van der Waals surface area contributed by atoms with E-state index < -0.39 is 0 Å². The first-order valence-corrected chi connectivity index (χ1v) is 4.93. The van der Waals surface area contributed by atoms with Crippen LogP contribution in [-0.4, -0.2) is 11.7 Å². The predicted molar refractivity (Wildman–Crippen MR) is 53.5 cm³/mol. The average molecular weight is 194 g/mol. The first-order valence-electron chi connectivity index (χ1n) is 4.93. The number of hydrogen-bond donors (Lipinski definition) is 1. The number of halogens is 1. The third-order valence-electron chi connectivity index (χ3n) is 3.48. The molecule has 0 bridgehead atoms. The normalized spacial score (nSPS) is 28.9. The second-order valence-electron chi connectivity index (χ2n) is 4.64. The molecule has 0 heterocycles. The molecule has 0 radical (unpaired) electrons. The highest BCUT2D eigenvalue weighted by Gasteiger charge is 2.57. The van der Waals surface area contributed by atoms with Gasteiger partial charge in [0.1, 0.15) is 5.82 Å². The van der Waals surface area contributed by atoms with Crippen molar-refractivity contribution < 1.29 is 9.50 Å². The first-order chi connectivity index (χ1) is 6.57. The predicted octanol–water partition coefficient (Wildman–Crippen LogP) is 2.56. The Morgan fingerprint density at radius 2 is 1.86 bits per heavy atom. The topological polar surface area (TPSA) is 20.2 Å². The lowest BCUT2D eigenvalue weighted by Gasteiger charge is -2.02. The molecule has 1 aromatic rings. The van der Waals surface area contributed by atoms with Crippen molar-refractivity contribution in [1.29, 1.82) is 0 Å². The van der Waals surface area contributed by atoms with Gasteiger partial charge in [-0.15, -0.1) is 0 Å². The fourth-order valence-corrected chi connectivity index (χ4v) is 2.42. The lowest BCUT2D eigenvalue weighted by molar-refractivity contribution is 0.257. The number of aliphatic hydroxyl groups excluding tert-OH is 1. The Balaban J connectivity index is 2.22. The van der Waals surface area contributed by atoms with E-state index in [2.05, 4.69) is 13.8 Å². The molecule has 2 rings (SSSR count). The zero-order chi connectivity index (χ0) is 10.3. The maximum atomic E-state index is 12.7. The lowest BCUT2D eigenvalue weighted by atomic mass is 10.0. The van der Waals surface area contributed by atoms with Gasteiger partial charge in [0, 0.05) is 6.61 Å². The molecule has 2 heteroatoms. The molecule has 1 aliphatic rings. The summed E-state index contributed by atoms with van der Waals surface area (Å²) in [6.07, 6.45) is 0. The van der Waals surface area contributed by atoms with Gasteiger partial charge in [-0.1, -0.05) is 26.0 Å². The van der Waals surface area contributed by atoms with Gasteiger partial charge in [0.2, 0.25) is 0 Å². The van der Waals surface area contributed by atoms with Crippen LogP contribution in [0.3, 0.4) is 0 Å². The molecule has 1 aliphatic carbocycles. The first kappa shape index (κ1) is 9.66. The van der Waals surface area contributed by atoms with E-state index in [4.69, 9.17) is 5.11 Å². The van der Waals surface area contributed by atoms with Crippen LogP contribution in [-0.2, 0) is 0 Å². The molecule has 1 N–H and O–H groups in total. The molecule has 2 unspecified atom stereocenters. The van der Waals surface area contributed by atoms with Crippen molar-refractivity contribution in [2.24, 2.45) is 11.3 Å². The van der Waals surface area contributed by atoms with E-state index in [-0.39, 0.29) is 17.8 Å². The maximum absolute atomic E-state index is 12.7. The second kappa shape index (κ2) is 3.06. The number of aliphatic hydroxyl groups is 1. The molecule has 0 spiro atoms. The van der Waals surface area contributed by atoms with Crippen LogP contribution in [0.4, 0.5) is 4.39 Å². The Hall–Kier alpha value is -0.890. The van der Waals surface area contributed by atoms with Gasteiger partial charge in [0.05, 0.1) is 0 Å². The minimum atomic E-state index is -0.201. The van der Waals surface area contributed by atoms with E-state index in [9.17, 15) is 4.39 Å². The van der Waals surface area contributed by atoms with Crippen molar-refractivity contribution in [2.75, 3.05) is 6.61 Å². The fraction of sp³-hybridized carbons (Fsp3) is 0.500. The Morgan fingerprint density at radius 3 is 2.29 bits per heavy atom. The minimum Gasteiger partial charge on any atom is -0.396 e. The molecule has 0 amide bonds. The molecule has 0 saturated heterocycles. The van der Waals surface area contributed by atoms with Crippen LogP contribution in [0.5, 0.6) is 0 Å². The standard InChI is InChI=1S/C12H15FO/c1-12(2)10(7-14)11(12)8-3-5-9(13)6-4-8/h3-6,10-11,14H,7H2,1-2H3. The molecular formula is C12H15FO. The molecule has 76 valence electrons. The van der Waals surface area contributed by atoms with E-state index in [1.165, 1.54) is 12.1 Å². The summed E-state index contributed by atoms with van der Waals surface area (Å²) in [6.45, 7) is 4.50. The Labute approximate surface area is 83.6 Å². The lowest BCUT2D eigenvalue weighted by Crippen LogP contribution is -1.93. The van der Waals surface area contributed by atoms with Crippen molar-refractivity contribution in [2.45, 2.75) is 19.8 Å². The highest BCUT2D eigenvalue weighted by atomic mass is 19.1. The summed E-state index contributed by atoms with van der Waals surface area (Å²) < 4.78 is 12.7. The van der Waals surface area contributed by atoms with Gasteiger partial charge < -0.3 is 5.11 Å². The van der Waals surface area contributed by atoms with Crippen molar-refractivity contribution in [3.05, 3.63) is 35.6 Å². The SMILES string of the molecule is CC1(C)C(CO)C1c1ccc(F)cc1. The third-order valence-corrected chi connectivity index (χ3v) is 3.48. The molecule has 1 fully saturated rings. The Kier molecular flexibility index (Phi) is 2.11. The molecule has 14 heavy (non-hydrogen) atoms. The maximum Gasteiger partial charge on any atom is 0.123 e. The average Bonchev–Trinajstić information content (AvgIpc) is 2.69. The Morgan fingerprint density at radius 1 is 1.29 bits per heavy atom. The molecule has 1 aromatic carbocycles. The van der Waals surface area contributed by atoms with Gasteiger partial charge in [-0.3, -0.25) is 0 Å². The second-order valence-corrected chi connectivity index (χ2v) is 4.64. The van der Waals surface area contributed by atoms with E-state index in [1.807, 2.05) is 12.1 Å². The molecule has 2 atom stereocenters. The summed E-state index contributed by atoms with van der Waals surface area (Å²) in [5, 5.41) is 9.15. The number of rotatable bonds is 2. The van der Waals surface area contributed by atoms with Crippen LogP contribution < -0.4 is 0 Å². The fourth-order valence-electron chi connectivity index (χ4n) is 2.42. The number of benzene rings is 1. The summed E-state index contributed by atoms with van der Waals surface area (Å²) in [5.74, 6) is 0.508. The van der Waals surface area contributed by atoms with Crippen LogP contribution in [0.15, 0.2) is 24.3 Å². The molecular weight excluding hydrogens is 179 g/mol. The number of hydrogen-bond acceptors (Lipinski definition) is 1. The van der Waals surface area contributed by atoms with Crippen LogP contribution in [0.2, 0.25) is 0 Å². The summed E-state index contributed by atoms with van der Waals surface area (Å²) in [4.78, 5) is 0. The van der Waals surface area contributed by atoms with Crippen LogP contribution >= 0.6 is 0 Å². The third kappa shape index (κ3) is 1.34. The molecule has 1 saturated carbocycles. The van der Waals surface area contributed by atoms with Gasteiger partial charge in [-0.2, -0.15) is 0 Å². The zero-order valence-electron chi connectivity index (χ0n) is 8.50. The van der Waals surface area contributed by atoms with E-state index >= 15 is 0 Å². The largest absolute Gasteiger partial charge is 0.396 e. The van der Waals surface area contributed by atoms with E-state index in [1.54, 1.807) is 0 Å². The van der Waals surface area contributed by atoms with Crippen molar-refractivity contribution >= 4 is 0 Å². The zero-order valence-corrected chi connectivity index (χ0v) is 8.50. The van der Waals surface area contributed by atoms with Crippen LogP contribution in [0.25, 0.3) is 0 Å². The van der Waals surface area contributed by atoms with E-state index in [0.29, 0.717) is 11.8 Å². The van der Waals surface area contributed by atoms with Gasteiger partial charge in [-0.25, -0.2) is 4.39 Å². The summed E-state index contributed by atoms with van der Waals surface area (Å²) >= 11 is 0. The van der Waals surface area contributed by atoms with Gasteiger partial charge in [0.25, 0.3) is 0 Å². The Bertz CT molecular complexity index is 329. The minimum absolute atomic E-state index is 0.159. The van der Waals surface area contributed by atoms with Gasteiger partial charge in [-0.05, 0) is 34.9 Å². The molecule has 0 aliphatic heterocycles. The monoisotopic (exact) mass is 194 g/mol.